The SMILES string of the molecule is C=C(C)C(=O)OCC(O)CO.CC(O)CO.CCC(CCO)(CCO)C(=O)[O-].[Na+]. The quantitative estimate of drug-likeness (QED) is 0.104. The molecule has 0 aliphatic carbocycles. The fraction of sp³-hybridized carbons (Fsp3) is 0.778. The van der Waals surface area contributed by atoms with Gasteiger partial charge in [-0.25, -0.2) is 4.79 Å². The maximum Gasteiger partial charge on any atom is 1.00 e. The molecule has 6 N–H and O–H groups in total. The van der Waals surface area contributed by atoms with Gasteiger partial charge in [-0.2, -0.15) is 0 Å². The first-order valence-corrected chi connectivity index (χ1v) is 8.81. The summed E-state index contributed by atoms with van der Waals surface area (Å²) in [5.74, 6) is -1.74. The minimum absolute atomic E-state index is 0. The van der Waals surface area contributed by atoms with Crippen LogP contribution in [0.2, 0.25) is 0 Å². The first kappa shape index (κ1) is 35.9. The second kappa shape index (κ2) is 22.1. The summed E-state index contributed by atoms with van der Waals surface area (Å²) in [6.45, 7) is 6.96. The molecule has 0 amide bonds. The van der Waals surface area contributed by atoms with Crippen molar-refractivity contribution in [1.29, 1.82) is 0 Å². The molecule has 0 fully saturated rings. The minimum atomic E-state index is -1.19. The number of ether oxygens (including phenoxy) is 1. The smallest absolute Gasteiger partial charge is 0.550 e. The van der Waals surface area contributed by atoms with Crippen LogP contribution in [0.1, 0.15) is 40.0 Å². The average molecular weight is 434 g/mol. The van der Waals surface area contributed by atoms with Gasteiger partial charge in [0.25, 0.3) is 0 Å². The summed E-state index contributed by atoms with van der Waals surface area (Å²) in [4.78, 5) is 21.3. The summed E-state index contributed by atoms with van der Waals surface area (Å²) in [6, 6.07) is 0. The van der Waals surface area contributed by atoms with Crippen LogP contribution in [-0.4, -0.2) is 87.8 Å². The summed E-state index contributed by atoms with van der Waals surface area (Å²) in [6.07, 6.45) is -0.900. The molecular weight excluding hydrogens is 399 g/mol. The van der Waals surface area contributed by atoms with E-state index in [1.54, 1.807) is 6.92 Å². The molecule has 0 aromatic carbocycles. The molecule has 2 atom stereocenters. The van der Waals surface area contributed by atoms with Crippen LogP contribution in [0.5, 0.6) is 0 Å². The van der Waals surface area contributed by atoms with Crippen LogP contribution in [-0.2, 0) is 14.3 Å². The van der Waals surface area contributed by atoms with Crippen molar-refractivity contribution in [1.82, 2.24) is 0 Å². The number of hydrogen-bond donors (Lipinski definition) is 6. The molecule has 0 saturated heterocycles. The molecule has 10 nitrogen and oxygen atoms in total. The molecule has 0 spiro atoms. The third-order valence-corrected chi connectivity index (χ3v) is 3.52. The van der Waals surface area contributed by atoms with Gasteiger partial charge in [0.2, 0.25) is 0 Å². The third-order valence-electron chi connectivity index (χ3n) is 3.52. The van der Waals surface area contributed by atoms with Crippen molar-refractivity contribution in [3.8, 4) is 0 Å². The standard InChI is InChI=1S/C8H16O4.C7H12O4.C3H8O2.Na/c1-2-8(3-5-9,4-6-10)7(11)12;1-5(2)7(10)11-4-6(9)3-8;1-3(5)2-4;/h9-10H,2-6H2,1H3,(H,11,12);6,8-9H,1,3-4H2,2H3;3-5H,2H2,1H3;/q;;;+1/p-1. The summed E-state index contributed by atoms with van der Waals surface area (Å²) < 4.78 is 4.51. The van der Waals surface area contributed by atoms with Gasteiger partial charge in [0, 0.05) is 30.2 Å². The molecule has 2 unspecified atom stereocenters. The Balaban J connectivity index is -0.000000171. The van der Waals surface area contributed by atoms with Gasteiger partial charge in [0.1, 0.15) is 12.7 Å². The normalized spacial score (nSPS) is 12.0. The number of aliphatic hydroxyl groups excluding tert-OH is 6. The van der Waals surface area contributed by atoms with Gasteiger partial charge in [-0.3, -0.25) is 0 Å². The topological polar surface area (TPSA) is 188 Å². The molecule has 0 aliphatic rings. The molecule has 0 radical (unpaired) electrons. The number of rotatable bonds is 11. The van der Waals surface area contributed by atoms with Gasteiger partial charge in [-0.15, -0.1) is 0 Å². The van der Waals surface area contributed by atoms with E-state index < -0.39 is 36.2 Å². The first-order valence-electron chi connectivity index (χ1n) is 8.81. The fourth-order valence-electron chi connectivity index (χ4n) is 1.60. The maximum atomic E-state index is 10.7. The molecule has 0 aliphatic heterocycles. The molecule has 0 saturated carbocycles. The van der Waals surface area contributed by atoms with Crippen LogP contribution in [0.3, 0.4) is 0 Å². The molecule has 0 heterocycles. The zero-order chi connectivity index (χ0) is 22.8. The van der Waals surface area contributed by atoms with Gasteiger partial charge >= 0.3 is 35.5 Å². The van der Waals surface area contributed by atoms with Gasteiger partial charge in [-0.05, 0) is 33.1 Å². The van der Waals surface area contributed by atoms with Gasteiger partial charge in [0.05, 0.1) is 19.3 Å². The molecule has 0 rings (SSSR count). The van der Waals surface area contributed by atoms with E-state index >= 15 is 0 Å². The van der Waals surface area contributed by atoms with Crippen molar-refractivity contribution in [3.05, 3.63) is 12.2 Å². The Hall–Kier alpha value is -0.560. The number of carbonyl (C=O) groups is 2. The molecular formula is C18H35NaO10. The zero-order valence-corrected chi connectivity index (χ0v) is 19.8. The van der Waals surface area contributed by atoms with E-state index in [0.29, 0.717) is 6.42 Å². The number of carboxylic acid groups (broad SMARTS) is 1. The first-order chi connectivity index (χ1) is 13.0. The van der Waals surface area contributed by atoms with E-state index in [1.807, 2.05) is 0 Å². The van der Waals surface area contributed by atoms with Crippen molar-refractivity contribution in [2.75, 3.05) is 33.0 Å². The van der Waals surface area contributed by atoms with E-state index in [1.165, 1.54) is 13.8 Å². The Kier molecular flexibility index (Phi) is 27.4. The monoisotopic (exact) mass is 434 g/mol. The number of aliphatic hydroxyl groups is 6. The number of aliphatic carboxylic acids is 1. The second-order valence-corrected chi connectivity index (χ2v) is 6.12. The van der Waals surface area contributed by atoms with E-state index in [0.717, 1.165) is 0 Å². The molecule has 0 bridgehead atoms. The Morgan fingerprint density at radius 1 is 1.07 bits per heavy atom. The number of esters is 1. The van der Waals surface area contributed by atoms with Crippen molar-refractivity contribution in [2.24, 2.45) is 5.41 Å². The molecule has 0 aromatic rings. The number of hydrogen-bond acceptors (Lipinski definition) is 10. The van der Waals surface area contributed by atoms with Crippen molar-refractivity contribution < 1.29 is 79.6 Å². The van der Waals surface area contributed by atoms with E-state index in [2.05, 4.69) is 11.3 Å². The fourth-order valence-corrected chi connectivity index (χ4v) is 1.60. The molecule has 11 heteroatoms. The predicted molar refractivity (Wildman–Crippen MR) is 98.8 cm³/mol. The number of carbonyl (C=O) groups excluding carboxylic acids is 2. The van der Waals surface area contributed by atoms with Crippen LogP contribution in [0.15, 0.2) is 12.2 Å². The predicted octanol–water partition coefficient (Wildman–Crippen LogP) is -5.28. The summed E-state index contributed by atoms with van der Waals surface area (Å²) in [5, 5.41) is 61.0. The molecule has 0 aromatic heterocycles. The van der Waals surface area contributed by atoms with Crippen molar-refractivity contribution >= 4 is 11.9 Å². The van der Waals surface area contributed by atoms with Crippen molar-refractivity contribution in [3.63, 3.8) is 0 Å². The summed E-state index contributed by atoms with van der Waals surface area (Å²) in [5.41, 5.74) is -0.779. The Morgan fingerprint density at radius 2 is 1.48 bits per heavy atom. The third kappa shape index (κ3) is 20.5. The van der Waals surface area contributed by atoms with Gasteiger partial charge in [0.15, 0.2) is 0 Å². The largest absolute Gasteiger partial charge is 1.00 e. The second-order valence-electron chi connectivity index (χ2n) is 6.12. The van der Waals surface area contributed by atoms with Crippen LogP contribution >= 0.6 is 0 Å². The number of carboxylic acids is 1. The molecule has 168 valence electrons. The van der Waals surface area contributed by atoms with E-state index in [-0.39, 0.29) is 74.4 Å². The van der Waals surface area contributed by atoms with Crippen LogP contribution in [0, 0.1) is 5.41 Å². The summed E-state index contributed by atoms with van der Waals surface area (Å²) in [7, 11) is 0. The van der Waals surface area contributed by atoms with Gasteiger partial charge < -0.3 is 45.3 Å². The van der Waals surface area contributed by atoms with Gasteiger partial charge in [-0.1, -0.05) is 13.5 Å². The molecule has 29 heavy (non-hydrogen) atoms. The van der Waals surface area contributed by atoms with E-state index in [4.69, 9.17) is 30.6 Å². The van der Waals surface area contributed by atoms with Crippen LogP contribution < -0.4 is 34.7 Å². The van der Waals surface area contributed by atoms with Crippen LogP contribution in [0.25, 0.3) is 0 Å². The Labute approximate surface area is 194 Å². The van der Waals surface area contributed by atoms with E-state index in [9.17, 15) is 14.7 Å². The maximum absolute atomic E-state index is 10.7. The zero-order valence-electron chi connectivity index (χ0n) is 17.8. The Morgan fingerprint density at radius 3 is 1.69 bits per heavy atom. The van der Waals surface area contributed by atoms with Crippen molar-refractivity contribution in [2.45, 2.75) is 52.2 Å². The Bertz CT molecular complexity index is 423. The van der Waals surface area contributed by atoms with Crippen LogP contribution in [0.4, 0.5) is 0 Å². The minimum Gasteiger partial charge on any atom is -0.550 e. The average Bonchev–Trinajstić information content (AvgIpc) is 2.65. The summed E-state index contributed by atoms with van der Waals surface area (Å²) >= 11 is 0.